The number of Topliss-reactive ketones (excluding diaryl/α,β-unsaturated/α-hetero) is 2. The van der Waals surface area contributed by atoms with Gasteiger partial charge in [-0.15, -0.1) is 5.06 Å². The Morgan fingerprint density at radius 1 is 0.416 bits per heavy atom. The lowest BCUT2D eigenvalue weighted by atomic mass is 9.72. The number of imide groups is 3. The molecule has 12 rings (SSSR count). The van der Waals surface area contributed by atoms with Crippen LogP contribution in [0.25, 0.3) is 0 Å². The Morgan fingerprint density at radius 2 is 0.737 bits per heavy atom. The van der Waals surface area contributed by atoms with Crippen molar-refractivity contribution in [2.45, 2.75) is 226 Å². The van der Waals surface area contributed by atoms with Gasteiger partial charge in [0.2, 0.25) is 17.7 Å². The highest BCUT2D eigenvalue weighted by atomic mass is 19.1. The molecule has 137 heavy (non-hydrogen) atoms. The molecule has 3 aliphatic heterocycles. The van der Waals surface area contributed by atoms with Gasteiger partial charge in [-0.3, -0.25) is 62.5 Å². The van der Waals surface area contributed by atoms with Crippen molar-refractivity contribution in [3.63, 3.8) is 0 Å². The molecule has 0 aromatic heterocycles. The Bertz CT molecular complexity index is 5210. The van der Waals surface area contributed by atoms with Crippen molar-refractivity contribution in [1.29, 1.82) is 0 Å². The van der Waals surface area contributed by atoms with Crippen LogP contribution in [0, 0.1) is 86.7 Å². The zero-order valence-corrected chi connectivity index (χ0v) is 79.8. The van der Waals surface area contributed by atoms with Gasteiger partial charge in [0.05, 0.1) is 18.5 Å². The van der Waals surface area contributed by atoms with Gasteiger partial charge in [-0.1, -0.05) is 153 Å². The fourth-order valence-corrected chi connectivity index (χ4v) is 21.6. The number of nitrogens with one attached hydrogen (secondary N) is 1. The standard InChI is InChI=1S/C36H45F2N3O5.C35H45F2N3O6.C35H43F2N3O5/c1-36(2,3)35(41(34(46)22-42)17-15-30(39)31(43)10-7-16-40-32(44)13-14-33(40)45)28-20-25(27-21-26(37)11-12-29(27)38)19-24(28)18-23-8-5-4-6-9-23;1-35(2,3)34(39(32(44)22-41)17-7-15-38-16-14-33(45)46-40-30(42)12-13-31(40)43)28-20-25(27-21-26(36)10-11-29(27)37)19-24(28)18-23-8-5-4-6-9-23;1-35(2,3)34(40(33(45)21-41)15-13-29(38)30(42)14-16-39-31(43)11-12-32(39)44)27-19-24(26-20-25(36)9-10-28(26)37)18-23(27)17-22-7-5-4-6-8-22/h4-6,8-9,11-14,21,24-25,28,30,35,42H,7,10,15-20,22,39H2,1-3H3;4-6,8-11,21,24-25,28,34,38,41H,7,12-20,22H2,1-3H3;4-12,20,23-24,27,29,34,41H,13-19,21,38H2,1-3H3/t24?,25?,28?,30-,35-;24?,25?,28?,34-;23?,24?,27?,29-,34-/m000/s1. The topological polar surface area (TPSA) is 358 Å². The molecule has 25 nitrogen and oxygen atoms in total. The maximum absolute atomic E-state index is 15.0. The van der Waals surface area contributed by atoms with E-state index >= 15 is 13.2 Å². The molecule has 8 N–H and O–H groups in total. The van der Waals surface area contributed by atoms with Gasteiger partial charge in [0.1, 0.15) is 60.5 Å². The van der Waals surface area contributed by atoms with Crippen LogP contribution in [0.2, 0.25) is 0 Å². The molecule has 9 unspecified atom stereocenters. The molecule has 6 aromatic carbocycles. The summed E-state index contributed by atoms with van der Waals surface area (Å²) in [4.78, 5) is 161. The highest BCUT2D eigenvalue weighted by Crippen LogP contribution is 2.54. The molecule has 1 saturated heterocycles. The summed E-state index contributed by atoms with van der Waals surface area (Å²) in [5.41, 5.74) is 15.5. The molecule has 3 saturated carbocycles. The molecule has 6 aromatic rings. The van der Waals surface area contributed by atoms with Crippen molar-refractivity contribution in [3.8, 4) is 0 Å². The third-order valence-electron chi connectivity index (χ3n) is 27.6. The largest absolute Gasteiger partial charge is 0.387 e. The molecule has 14 atom stereocenters. The minimum Gasteiger partial charge on any atom is -0.387 e. The van der Waals surface area contributed by atoms with Crippen LogP contribution in [0.5, 0.6) is 0 Å². The molecular formula is C106H133F6N9O16. The maximum Gasteiger partial charge on any atom is 0.334 e. The van der Waals surface area contributed by atoms with Crippen molar-refractivity contribution in [3.05, 3.63) is 238 Å². The molecule has 740 valence electrons. The highest BCUT2D eigenvalue weighted by molar-refractivity contribution is 6.13. The van der Waals surface area contributed by atoms with E-state index in [4.69, 9.17) is 16.3 Å². The molecule has 4 fully saturated rings. The molecule has 9 amide bonds. The average Bonchev–Trinajstić information content (AvgIpc) is 1.65. The molecule has 0 spiro atoms. The zero-order valence-electron chi connectivity index (χ0n) is 79.8. The summed E-state index contributed by atoms with van der Waals surface area (Å²) in [5.74, 6) is -9.36. The first-order valence-electron chi connectivity index (χ1n) is 47.6. The van der Waals surface area contributed by atoms with E-state index in [2.05, 4.69) is 38.2 Å². The summed E-state index contributed by atoms with van der Waals surface area (Å²) in [5, 5.41) is 33.8. The number of rotatable bonds is 41. The van der Waals surface area contributed by atoms with Gasteiger partial charge in [0.15, 0.2) is 5.78 Å². The molecule has 0 radical (unpaired) electrons. The molecular weight excluding hydrogens is 1770 g/mol. The number of carbonyl (C=O) groups excluding carboxylic acids is 12. The Hall–Kier alpha value is -11.2. The van der Waals surface area contributed by atoms with E-state index in [1.165, 1.54) is 36.4 Å². The molecule has 31 heteroatoms. The van der Waals surface area contributed by atoms with Gasteiger partial charge in [-0.2, -0.15) is 0 Å². The minimum atomic E-state index is -0.960. The van der Waals surface area contributed by atoms with E-state index in [1.54, 1.807) is 14.7 Å². The van der Waals surface area contributed by atoms with E-state index in [0.717, 1.165) is 75.4 Å². The Labute approximate surface area is 798 Å². The van der Waals surface area contributed by atoms with Gasteiger partial charge in [-0.05, 0) is 247 Å². The Morgan fingerprint density at radius 3 is 1.07 bits per heavy atom. The number of nitrogens with zero attached hydrogens (tertiary/aromatic N) is 6. The van der Waals surface area contributed by atoms with Gasteiger partial charge < -0.3 is 51.6 Å². The van der Waals surface area contributed by atoms with E-state index in [1.807, 2.05) is 120 Å². The van der Waals surface area contributed by atoms with Crippen LogP contribution in [0.3, 0.4) is 0 Å². The third kappa shape index (κ3) is 29.4. The van der Waals surface area contributed by atoms with Crippen molar-refractivity contribution >= 4 is 70.7 Å². The van der Waals surface area contributed by atoms with Crippen molar-refractivity contribution in [2.75, 3.05) is 65.6 Å². The van der Waals surface area contributed by atoms with Crippen LogP contribution in [-0.4, -0.2) is 211 Å². The van der Waals surface area contributed by atoms with Crippen molar-refractivity contribution in [2.24, 2.45) is 63.2 Å². The van der Waals surface area contributed by atoms with E-state index in [9.17, 15) is 86.0 Å². The number of nitrogens with two attached hydrogens (primary N) is 2. The predicted molar refractivity (Wildman–Crippen MR) is 503 cm³/mol. The van der Waals surface area contributed by atoms with Crippen LogP contribution < -0.4 is 16.8 Å². The fraction of sp³-hybridized carbons (Fsp3) is 0.509. The average molecular weight is 1900 g/mol. The second-order valence-corrected chi connectivity index (χ2v) is 40.3. The molecule has 6 aliphatic rings. The number of hydroxylamine groups is 2. The SMILES string of the molecule is CC(C)(C)[C@H](C1CC(c2cc(F)ccc2F)CC1Cc1ccccc1)N(CCCNCCC(=O)ON1C(=O)CCC1=O)C(=O)CO.CC(C)(C)[C@H](C1CC(c2cc(F)ccc2F)CC1Cc1ccccc1)N(CC[C@H](N)C(=O)CCCN1C(=O)C=CC1=O)C(=O)CO.CC(C)(C)[C@H](C1CC(c2cc(F)ccc2F)CC1Cc1ccccc1)N(CC[C@H](N)C(=O)CCN1C(=O)C=CC1=O)C(=O)CO. The van der Waals surface area contributed by atoms with Gasteiger partial charge in [0.25, 0.3) is 35.4 Å². The van der Waals surface area contributed by atoms with Gasteiger partial charge >= 0.3 is 5.97 Å². The number of aliphatic hydroxyl groups is 3. The number of amides is 9. The van der Waals surface area contributed by atoms with Crippen LogP contribution in [0.4, 0.5) is 26.3 Å². The number of aliphatic hydroxyl groups excluding tert-OH is 3. The first-order chi connectivity index (χ1) is 65.0. The quantitative estimate of drug-likeness (QED) is 0.0118. The maximum atomic E-state index is 15.0. The van der Waals surface area contributed by atoms with Gasteiger partial charge in [-0.25, -0.2) is 31.1 Å². The summed E-state index contributed by atoms with van der Waals surface area (Å²) in [6.07, 6.45) is 11.2. The Balaban J connectivity index is 0.000000212. The third-order valence-corrected chi connectivity index (χ3v) is 27.6. The summed E-state index contributed by atoms with van der Waals surface area (Å²) < 4.78 is 87.8. The monoisotopic (exact) mass is 1900 g/mol. The first kappa shape index (κ1) is 108. The summed E-state index contributed by atoms with van der Waals surface area (Å²) in [6, 6.07) is 37.5. The van der Waals surface area contributed by atoms with Crippen molar-refractivity contribution < 1.29 is 104 Å². The van der Waals surface area contributed by atoms with E-state index in [-0.39, 0.29) is 155 Å². The van der Waals surface area contributed by atoms with E-state index in [0.29, 0.717) is 92.6 Å². The molecule has 3 heterocycles. The lowest BCUT2D eigenvalue weighted by Gasteiger charge is -2.46. The lowest BCUT2D eigenvalue weighted by molar-refractivity contribution is -0.197. The first-order valence-corrected chi connectivity index (χ1v) is 47.6. The number of hydrogen-bond acceptors (Lipinski definition) is 19. The summed E-state index contributed by atoms with van der Waals surface area (Å²) >= 11 is 0. The summed E-state index contributed by atoms with van der Waals surface area (Å²) in [7, 11) is 0. The molecule has 0 bridgehead atoms. The molecule has 3 aliphatic carbocycles. The second kappa shape index (κ2) is 49.4. The number of benzene rings is 6. The fourth-order valence-electron chi connectivity index (χ4n) is 21.6. The summed E-state index contributed by atoms with van der Waals surface area (Å²) in [6.45, 7) is 17.4. The lowest BCUT2D eigenvalue weighted by Crippen LogP contribution is -2.54. The van der Waals surface area contributed by atoms with Crippen LogP contribution in [-0.2, 0) is 81.6 Å². The number of hydrogen-bond donors (Lipinski definition) is 6. The number of carbonyl (C=O) groups is 12. The smallest absolute Gasteiger partial charge is 0.334 e. The van der Waals surface area contributed by atoms with Crippen LogP contribution >= 0.6 is 0 Å². The highest BCUT2D eigenvalue weighted by Gasteiger charge is 2.52. The van der Waals surface area contributed by atoms with Crippen molar-refractivity contribution in [1.82, 2.24) is 34.9 Å². The van der Waals surface area contributed by atoms with Crippen LogP contribution in [0.1, 0.15) is 210 Å². The second-order valence-electron chi connectivity index (χ2n) is 40.3. The minimum absolute atomic E-state index is 0.0118. The van der Waals surface area contributed by atoms with E-state index < -0.39 is 154 Å². The normalized spacial score (nSPS) is 21.0. The zero-order chi connectivity index (χ0) is 99.9. The van der Waals surface area contributed by atoms with Crippen LogP contribution in [0.15, 0.2) is 170 Å². The van der Waals surface area contributed by atoms with Gasteiger partial charge in [0, 0.05) is 107 Å². The number of ketones is 2. The predicted octanol–water partition coefficient (Wildman–Crippen LogP) is 13.2. The number of halogens is 6. The Kier molecular flexibility index (Phi) is 38.9.